The highest BCUT2D eigenvalue weighted by atomic mass is 16.2. The third kappa shape index (κ3) is 2.22. The highest BCUT2D eigenvalue weighted by Crippen LogP contribution is 2.32. The summed E-state index contributed by atoms with van der Waals surface area (Å²) >= 11 is 0. The number of nitrogens with zero attached hydrogens (tertiary/aromatic N) is 1. The van der Waals surface area contributed by atoms with Crippen molar-refractivity contribution in [3.05, 3.63) is 29.3 Å². The number of imide groups is 1. The smallest absolute Gasteiger partial charge is 0.231 e. The van der Waals surface area contributed by atoms with Crippen LogP contribution in [0.25, 0.3) is 0 Å². The monoisotopic (exact) mass is 286 g/mol. The molecular formula is C15H14N2O4. The van der Waals surface area contributed by atoms with Gasteiger partial charge in [-0.05, 0) is 30.7 Å². The van der Waals surface area contributed by atoms with E-state index in [4.69, 9.17) is 0 Å². The molecule has 1 saturated heterocycles. The quantitative estimate of drug-likeness (QED) is 0.665. The Balaban J connectivity index is 1.82. The van der Waals surface area contributed by atoms with E-state index in [2.05, 4.69) is 5.32 Å². The Labute approximate surface area is 121 Å². The molecule has 2 heterocycles. The van der Waals surface area contributed by atoms with E-state index in [9.17, 15) is 19.2 Å². The molecule has 1 atom stereocenters. The average Bonchev–Trinajstić information content (AvgIpc) is 2.93. The Kier molecular flexibility index (Phi) is 3.08. The van der Waals surface area contributed by atoms with E-state index in [1.165, 1.54) is 0 Å². The normalized spacial score (nSPS) is 20.7. The molecule has 2 aliphatic rings. The molecule has 0 aromatic heterocycles. The number of benzene rings is 1. The average molecular weight is 286 g/mol. The van der Waals surface area contributed by atoms with E-state index in [0.29, 0.717) is 11.3 Å². The Bertz CT molecular complexity index is 664. The predicted molar refractivity (Wildman–Crippen MR) is 73.8 cm³/mol. The van der Waals surface area contributed by atoms with Crippen LogP contribution in [0.3, 0.4) is 0 Å². The van der Waals surface area contributed by atoms with Gasteiger partial charge in [0, 0.05) is 24.1 Å². The lowest BCUT2D eigenvalue weighted by atomic mass is 9.99. The molecule has 108 valence electrons. The Morgan fingerprint density at radius 1 is 1.24 bits per heavy atom. The molecule has 1 N–H and O–H groups in total. The first-order chi connectivity index (χ1) is 9.97. The van der Waals surface area contributed by atoms with Gasteiger partial charge in [-0.1, -0.05) is 0 Å². The molecule has 1 aromatic rings. The van der Waals surface area contributed by atoms with Gasteiger partial charge >= 0.3 is 0 Å². The van der Waals surface area contributed by atoms with Gasteiger partial charge in [0.25, 0.3) is 0 Å². The number of anilines is 1. The summed E-state index contributed by atoms with van der Waals surface area (Å²) in [4.78, 5) is 47.9. The van der Waals surface area contributed by atoms with Crippen molar-refractivity contribution < 1.29 is 19.2 Å². The van der Waals surface area contributed by atoms with Crippen LogP contribution in [0.2, 0.25) is 0 Å². The predicted octanol–water partition coefficient (Wildman–Crippen LogP) is 1.07. The number of likely N-dealkylation sites (tertiary alicyclic amines) is 1. The Morgan fingerprint density at radius 3 is 2.57 bits per heavy atom. The van der Waals surface area contributed by atoms with Gasteiger partial charge in [-0.2, -0.15) is 0 Å². The van der Waals surface area contributed by atoms with Crippen LogP contribution in [0.4, 0.5) is 5.69 Å². The van der Waals surface area contributed by atoms with Crippen LogP contribution in [0, 0.1) is 0 Å². The van der Waals surface area contributed by atoms with Gasteiger partial charge in [0.2, 0.25) is 17.7 Å². The summed E-state index contributed by atoms with van der Waals surface area (Å²) in [5, 5.41) is 2.73. The zero-order valence-corrected chi connectivity index (χ0v) is 11.5. The molecule has 0 radical (unpaired) electrons. The van der Waals surface area contributed by atoms with Crippen molar-refractivity contribution in [1.82, 2.24) is 4.90 Å². The maximum absolute atomic E-state index is 12.2. The number of Topliss-reactive ketones (excluding diaryl/α,β-unsaturated/α-hetero) is 1. The van der Waals surface area contributed by atoms with Crippen LogP contribution in [0.1, 0.15) is 41.6 Å². The van der Waals surface area contributed by atoms with Crippen molar-refractivity contribution in [3.8, 4) is 0 Å². The van der Waals surface area contributed by atoms with Crippen molar-refractivity contribution in [2.75, 3.05) is 11.9 Å². The summed E-state index contributed by atoms with van der Waals surface area (Å²) in [5.74, 6) is -1.31. The minimum Gasteiger partial charge on any atom is -0.325 e. The van der Waals surface area contributed by atoms with Gasteiger partial charge in [0.05, 0.1) is 12.5 Å². The second-order valence-corrected chi connectivity index (χ2v) is 5.31. The van der Waals surface area contributed by atoms with Crippen LogP contribution in [-0.2, 0) is 14.4 Å². The number of ketones is 1. The summed E-state index contributed by atoms with van der Waals surface area (Å²) in [6.45, 7) is 1.54. The molecule has 1 aromatic carbocycles. The standard InChI is InChI=1S/C15H14N2O4/c1-8-10-6-9(2-3-11(10)16-15(8)21)12(18)7-17-13(19)4-5-14(17)20/h2-3,6,8H,4-5,7H2,1H3,(H,16,21)/t8-/m1/s1. The number of carbonyl (C=O) groups excluding carboxylic acids is 4. The summed E-state index contributed by atoms with van der Waals surface area (Å²) < 4.78 is 0. The lowest BCUT2D eigenvalue weighted by Crippen LogP contribution is -2.34. The molecular weight excluding hydrogens is 272 g/mol. The number of hydrogen-bond acceptors (Lipinski definition) is 4. The first-order valence-electron chi connectivity index (χ1n) is 6.78. The molecule has 0 unspecified atom stereocenters. The largest absolute Gasteiger partial charge is 0.325 e. The third-order valence-electron chi connectivity index (χ3n) is 3.95. The number of amides is 3. The first-order valence-corrected chi connectivity index (χ1v) is 6.78. The zero-order valence-electron chi connectivity index (χ0n) is 11.5. The van der Waals surface area contributed by atoms with Gasteiger partial charge < -0.3 is 5.32 Å². The molecule has 0 aliphatic carbocycles. The molecule has 21 heavy (non-hydrogen) atoms. The lowest BCUT2D eigenvalue weighted by molar-refractivity contribution is -0.137. The molecule has 3 amide bonds. The van der Waals surface area contributed by atoms with Gasteiger partial charge in [-0.25, -0.2) is 0 Å². The van der Waals surface area contributed by atoms with Gasteiger partial charge in [-0.15, -0.1) is 0 Å². The van der Waals surface area contributed by atoms with Crippen molar-refractivity contribution >= 4 is 29.2 Å². The second-order valence-electron chi connectivity index (χ2n) is 5.31. The van der Waals surface area contributed by atoms with Crippen molar-refractivity contribution in [2.24, 2.45) is 0 Å². The number of carbonyl (C=O) groups is 4. The maximum atomic E-state index is 12.2. The van der Waals surface area contributed by atoms with Gasteiger partial charge in [0.15, 0.2) is 5.78 Å². The van der Waals surface area contributed by atoms with E-state index in [0.717, 1.165) is 10.5 Å². The fourth-order valence-corrected chi connectivity index (χ4v) is 2.62. The minimum atomic E-state index is -0.306. The molecule has 2 aliphatic heterocycles. The summed E-state index contributed by atoms with van der Waals surface area (Å²) in [7, 11) is 0. The topological polar surface area (TPSA) is 83.6 Å². The molecule has 6 nitrogen and oxygen atoms in total. The SMILES string of the molecule is C[C@H]1C(=O)Nc2ccc(C(=O)CN3C(=O)CCC3=O)cc21. The minimum absolute atomic E-state index is 0.0977. The maximum Gasteiger partial charge on any atom is 0.231 e. The summed E-state index contributed by atoms with van der Waals surface area (Å²) in [5.41, 5.74) is 1.88. The van der Waals surface area contributed by atoms with E-state index in [1.54, 1.807) is 25.1 Å². The van der Waals surface area contributed by atoms with Crippen molar-refractivity contribution in [3.63, 3.8) is 0 Å². The van der Waals surface area contributed by atoms with E-state index in [1.807, 2.05) is 0 Å². The molecule has 0 bridgehead atoms. The Morgan fingerprint density at radius 2 is 1.90 bits per heavy atom. The fraction of sp³-hybridized carbons (Fsp3) is 0.333. The van der Waals surface area contributed by atoms with E-state index in [-0.39, 0.29) is 48.8 Å². The number of hydrogen-bond donors (Lipinski definition) is 1. The lowest BCUT2D eigenvalue weighted by Gasteiger charge is -2.13. The molecule has 0 spiro atoms. The van der Waals surface area contributed by atoms with Crippen LogP contribution >= 0.6 is 0 Å². The van der Waals surface area contributed by atoms with Crippen LogP contribution in [0.15, 0.2) is 18.2 Å². The van der Waals surface area contributed by atoms with Crippen molar-refractivity contribution in [2.45, 2.75) is 25.7 Å². The van der Waals surface area contributed by atoms with Gasteiger partial charge in [0.1, 0.15) is 0 Å². The number of fused-ring (bicyclic) bond motifs is 1. The summed E-state index contributed by atoms with van der Waals surface area (Å²) in [6.07, 6.45) is 0.345. The molecule has 1 fully saturated rings. The number of rotatable bonds is 3. The number of nitrogens with one attached hydrogen (secondary N) is 1. The molecule has 0 saturated carbocycles. The molecule has 6 heteroatoms. The third-order valence-corrected chi connectivity index (χ3v) is 3.95. The van der Waals surface area contributed by atoms with Crippen LogP contribution in [-0.4, -0.2) is 34.9 Å². The second kappa shape index (κ2) is 4.80. The summed E-state index contributed by atoms with van der Waals surface area (Å²) in [6, 6.07) is 4.94. The van der Waals surface area contributed by atoms with Crippen LogP contribution in [0.5, 0.6) is 0 Å². The van der Waals surface area contributed by atoms with Gasteiger partial charge in [-0.3, -0.25) is 24.1 Å². The Hall–Kier alpha value is -2.50. The molecule has 3 rings (SSSR count). The van der Waals surface area contributed by atoms with Crippen LogP contribution < -0.4 is 5.32 Å². The fourth-order valence-electron chi connectivity index (χ4n) is 2.62. The van der Waals surface area contributed by atoms with E-state index >= 15 is 0 Å². The first kappa shape index (κ1) is 13.5. The highest BCUT2D eigenvalue weighted by molar-refractivity contribution is 6.09. The van der Waals surface area contributed by atoms with E-state index < -0.39 is 0 Å². The van der Waals surface area contributed by atoms with Crippen molar-refractivity contribution in [1.29, 1.82) is 0 Å². The zero-order chi connectivity index (χ0) is 15.1. The highest BCUT2D eigenvalue weighted by Gasteiger charge is 2.32.